The van der Waals surface area contributed by atoms with Gasteiger partial charge in [0, 0.05) is 12.0 Å². The van der Waals surface area contributed by atoms with Gasteiger partial charge in [-0.3, -0.25) is 4.79 Å². The zero-order valence-electron chi connectivity index (χ0n) is 16.2. The molecule has 0 unspecified atom stereocenters. The van der Waals surface area contributed by atoms with Gasteiger partial charge in [-0.05, 0) is 61.0 Å². The van der Waals surface area contributed by atoms with Crippen LogP contribution in [0.25, 0.3) is 0 Å². The fourth-order valence-electron chi connectivity index (χ4n) is 3.05. The molecule has 0 amide bonds. The van der Waals surface area contributed by atoms with Crippen LogP contribution in [0.2, 0.25) is 0 Å². The average molecular weight is 410 g/mol. The highest BCUT2D eigenvalue weighted by Gasteiger charge is 2.31. The van der Waals surface area contributed by atoms with Gasteiger partial charge in [0.1, 0.15) is 11.5 Å². The number of ether oxygens (including phenoxy) is 1. The van der Waals surface area contributed by atoms with Crippen LogP contribution in [0.1, 0.15) is 33.2 Å². The number of Topliss-reactive ketones (excluding diaryl/α,β-unsaturated/α-hetero) is 1. The number of ketones is 1. The molecule has 29 heavy (non-hydrogen) atoms. The van der Waals surface area contributed by atoms with Gasteiger partial charge >= 0.3 is 0 Å². The van der Waals surface area contributed by atoms with Crippen LogP contribution in [-0.2, 0) is 9.84 Å². The molecule has 0 fully saturated rings. The number of hydrogen-bond donors (Lipinski definition) is 1. The fourth-order valence-corrected chi connectivity index (χ4v) is 4.78. The summed E-state index contributed by atoms with van der Waals surface area (Å²) in [5.41, 5.74) is 1.81. The quantitative estimate of drug-likeness (QED) is 0.580. The number of hydrogen-bond acceptors (Lipinski definition) is 5. The number of carbonyl (C=O) groups is 1. The highest BCUT2D eigenvalue weighted by atomic mass is 32.2. The molecule has 1 N–H and O–H groups in total. The van der Waals surface area contributed by atoms with Crippen molar-refractivity contribution in [2.75, 3.05) is 7.11 Å². The predicted octanol–water partition coefficient (Wildman–Crippen LogP) is 4.50. The van der Waals surface area contributed by atoms with E-state index in [2.05, 4.69) is 0 Å². The van der Waals surface area contributed by atoms with Crippen molar-refractivity contribution in [1.29, 1.82) is 0 Å². The maximum atomic E-state index is 13.4. The summed E-state index contributed by atoms with van der Waals surface area (Å²) in [6.07, 6.45) is -0.215. The van der Waals surface area contributed by atoms with E-state index in [0.717, 1.165) is 5.56 Å². The summed E-state index contributed by atoms with van der Waals surface area (Å²) in [7, 11) is -2.28. The molecule has 0 saturated carbocycles. The largest absolute Gasteiger partial charge is 0.508 e. The summed E-state index contributed by atoms with van der Waals surface area (Å²) in [5.74, 6) is 0.326. The molecule has 3 aromatic rings. The number of sulfone groups is 1. The van der Waals surface area contributed by atoms with Crippen LogP contribution in [-0.4, -0.2) is 26.4 Å². The molecule has 0 heterocycles. The molecule has 0 aliphatic heterocycles. The van der Waals surface area contributed by atoms with Crippen LogP contribution in [0, 0.1) is 6.92 Å². The van der Waals surface area contributed by atoms with Crippen molar-refractivity contribution in [3.63, 3.8) is 0 Å². The number of aromatic hydroxyl groups is 1. The van der Waals surface area contributed by atoms with E-state index in [9.17, 15) is 18.3 Å². The minimum Gasteiger partial charge on any atom is -0.508 e. The molecular weight excluding hydrogens is 388 g/mol. The summed E-state index contributed by atoms with van der Waals surface area (Å²) >= 11 is 0. The Morgan fingerprint density at radius 1 is 0.931 bits per heavy atom. The molecule has 1 atom stereocenters. The van der Waals surface area contributed by atoms with E-state index in [0.29, 0.717) is 16.9 Å². The first-order valence-electron chi connectivity index (χ1n) is 9.08. The van der Waals surface area contributed by atoms with E-state index in [1.54, 1.807) is 48.5 Å². The Labute approximate surface area is 170 Å². The second-order valence-electron chi connectivity index (χ2n) is 6.79. The van der Waals surface area contributed by atoms with Crippen LogP contribution >= 0.6 is 0 Å². The lowest BCUT2D eigenvalue weighted by Gasteiger charge is -2.18. The Kier molecular flexibility index (Phi) is 6.03. The standard InChI is InChI=1S/C23H22O5S/c1-16-3-13-21(14-4-16)29(26,27)23(18-7-11-20(28-2)12-8-18)15-22(25)17-5-9-19(24)10-6-17/h3-14,23-24H,15H2,1-2H3/t23-/m0/s1. The summed E-state index contributed by atoms with van der Waals surface area (Å²) in [6.45, 7) is 1.88. The summed E-state index contributed by atoms with van der Waals surface area (Å²) in [5, 5.41) is 8.38. The second-order valence-corrected chi connectivity index (χ2v) is 8.92. The van der Waals surface area contributed by atoms with Crippen molar-refractivity contribution in [2.24, 2.45) is 0 Å². The smallest absolute Gasteiger partial charge is 0.185 e. The Morgan fingerprint density at radius 2 is 1.52 bits per heavy atom. The molecule has 3 aromatic carbocycles. The number of phenols is 1. The molecule has 0 saturated heterocycles. The lowest BCUT2D eigenvalue weighted by atomic mass is 10.0. The molecular formula is C23H22O5S. The van der Waals surface area contributed by atoms with Gasteiger partial charge < -0.3 is 9.84 Å². The first-order chi connectivity index (χ1) is 13.8. The topological polar surface area (TPSA) is 80.7 Å². The normalized spacial score (nSPS) is 12.3. The number of methoxy groups -OCH3 is 1. The average Bonchev–Trinajstić information content (AvgIpc) is 2.72. The van der Waals surface area contributed by atoms with Crippen molar-refractivity contribution in [2.45, 2.75) is 23.5 Å². The van der Waals surface area contributed by atoms with Gasteiger partial charge in [0.2, 0.25) is 0 Å². The lowest BCUT2D eigenvalue weighted by Crippen LogP contribution is -2.18. The van der Waals surface area contributed by atoms with Gasteiger partial charge in [-0.15, -0.1) is 0 Å². The number of benzene rings is 3. The highest BCUT2D eigenvalue weighted by Crippen LogP contribution is 2.34. The second kappa shape index (κ2) is 8.49. The van der Waals surface area contributed by atoms with E-state index in [1.807, 2.05) is 6.92 Å². The Balaban J connectivity index is 2.01. The van der Waals surface area contributed by atoms with E-state index >= 15 is 0 Å². The van der Waals surface area contributed by atoms with Crippen LogP contribution in [0.4, 0.5) is 0 Å². The van der Waals surface area contributed by atoms with Crippen molar-refractivity contribution in [3.05, 3.63) is 89.5 Å². The minimum absolute atomic E-state index is 0.0422. The third-order valence-electron chi connectivity index (χ3n) is 4.77. The number of aryl methyl sites for hydroxylation is 1. The number of rotatable bonds is 7. The molecule has 3 rings (SSSR count). The summed E-state index contributed by atoms with van der Waals surface area (Å²) in [4.78, 5) is 13.0. The number of carbonyl (C=O) groups excluding carboxylic acids is 1. The minimum atomic E-state index is -3.81. The SMILES string of the molecule is COc1ccc([C@H](CC(=O)c2ccc(O)cc2)S(=O)(=O)c2ccc(C)cc2)cc1. The van der Waals surface area contributed by atoms with Gasteiger partial charge in [0.05, 0.1) is 17.3 Å². The third-order valence-corrected chi connectivity index (χ3v) is 6.89. The van der Waals surface area contributed by atoms with Crippen molar-refractivity contribution in [1.82, 2.24) is 0 Å². The number of phenolic OH excluding ortho intramolecular Hbond substituents is 1. The first kappa shape index (κ1) is 20.6. The maximum absolute atomic E-state index is 13.4. The van der Waals surface area contributed by atoms with Crippen LogP contribution < -0.4 is 4.74 Å². The van der Waals surface area contributed by atoms with Crippen molar-refractivity contribution < 1.29 is 23.1 Å². The van der Waals surface area contributed by atoms with E-state index in [4.69, 9.17) is 4.74 Å². The molecule has 0 aliphatic carbocycles. The summed E-state index contributed by atoms with van der Waals surface area (Å²) in [6, 6.07) is 19.1. The Bertz CT molecular complexity index is 1080. The van der Waals surface area contributed by atoms with Crippen molar-refractivity contribution in [3.8, 4) is 11.5 Å². The molecule has 0 aliphatic rings. The molecule has 0 radical (unpaired) electrons. The highest BCUT2D eigenvalue weighted by molar-refractivity contribution is 7.91. The fraction of sp³-hybridized carbons (Fsp3) is 0.174. The zero-order chi connectivity index (χ0) is 21.0. The Hall–Kier alpha value is -3.12. The first-order valence-corrected chi connectivity index (χ1v) is 10.6. The van der Waals surface area contributed by atoms with E-state index in [-0.39, 0.29) is 22.8 Å². The van der Waals surface area contributed by atoms with Crippen LogP contribution in [0.5, 0.6) is 11.5 Å². The molecule has 0 aromatic heterocycles. The van der Waals surface area contributed by atoms with Gasteiger partial charge in [-0.2, -0.15) is 0 Å². The van der Waals surface area contributed by atoms with Crippen LogP contribution in [0.15, 0.2) is 77.7 Å². The monoisotopic (exact) mass is 410 g/mol. The predicted molar refractivity (Wildman–Crippen MR) is 111 cm³/mol. The molecule has 0 bridgehead atoms. The van der Waals surface area contributed by atoms with Crippen LogP contribution in [0.3, 0.4) is 0 Å². The van der Waals surface area contributed by atoms with Crippen molar-refractivity contribution >= 4 is 15.6 Å². The maximum Gasteiger partial charge on any atom is 0.185 e. The van der Waals surface area contributed by atoms with E-state index in [1.165, 1.54) is 31.4 Å². The van der Waals surface area contributed by atoms with Gasteiger partial charge in [0.15, 0.2) is 15.6 Å². The molecule has 150 valence electrons. The van der Waals surface area contributed by atoms with Gasteiger partial charge in [0.25, 0.3) is 0 Å². The van der Waals surface area contributed by atoms with Gasteiger partial charge in [-0.1, -0.05) is 29.8 Å². The molecule has 0 spiro atoms. The molecule has 6 heteroatoms. The lowest BCUT2D eigenvalue weighted by molar-refractivity contribution is 0.0980. The zero-order valence-corrected chi connectivity index (χ0v) is 17.0. The Morgan fingerprint density at radius 3 is 2.07 bits per heavy atom. The van der Waals surface area contributed by atoms with E-state index < -0.39 is 15.1 Å². The third kappa shape index (κ3) is 4.66. The summed E-state index contributed by atoms with van der Waals surface area (Å²) < 4.78 is 31.9. The van der Waals surface area contributed by atoms with Gasteiger partial charge in [-0.25, -0.2) is 8.42 Å². The molecule has 5 nitrogen and oxygen atoms in total.